The minimum absolute atomic E-state index is 0.00939. The summed E-state index contributed by atoms with van der Waals surface area (Å²) in [5.41, 5.74) is -1.19. The molecule has 1 amide bonds. The van der Waals surface area contributed by atoms with Crippen LogP contribution in [0.4, 0.5) is 0 Å². The number of phenolic OH excluding ortho intramolecular Hbond substituents is 1. The molecule has 0 radical (unpaired) electrons. The number of nitrogens with one attached hydrogen (secondary N) is 1. The van der Waals surface area contributed by atoms with Gasteiger partial charge in [-0.3, -0.25) is 9.59 Å². The molecule has 1 aromatic heterocycles. The molecule has 0 spiro atoms. The molecule has 0 bridgehead atoms. The van der Waals surface area contributed by atoms with E-state index < -0.39 is 30.2 Å². The third kappa shape index (κ3) is 10.4. The Kier molecular flexibility index (Phi) is 13.2. The molecule has 3 rings (SSSR count). The molecule has 1 aliphatic rings. The van der Waals surface area contributed by atoms with Gasteiger partial charge in [0.15, 0.2) is 17.2 Å². The SMILES string of the molecule is CCCOC(CC)CC(C)OC(=O)C1(NC(=O)c2nccc(OC)c2OCOC(C)=O)CC1.Oc1ccccc1. The highest BCUT2D eigenvalue weighted by atomic mass is 16.7. The lowest BCUT2D eigenvalue weighted by molar-refractivity contribution is -0.153. The number of benzene rings is 1. The van der Waals surface area contributed by atoms with Crippen molar-refractivity contribution in [2.75, 3.05) is 20.5 Å². The summed E-state index contributed by atoms with van der Waals surface area (Å²) in [5.74, 6) is -1.08. The van der Waals surface area contributed by atoms with Crippen molar-refractivity contribution in [3.8, 4) is 17.2 Å². The molecule has 40 heavy (non-hydrogen) atoms. The zero-order valence-corrected chi connectivity index (χ0v) is 23.8. The smallest absolute Gasteiger partial charge is 0.332 e. The maximum atomic E-state index is 13.0. The number of carbonyl (C=O) groups is 3. The fourth-order valence-corrected chi connectivity index (χ4v) is 3.62. The molecule has 2 N–H and O–H groups in total. The van der Waals surface area contributed by atoms with E-state index in [9.17, 15) is 14.4 Å². The van der Waals surface area contributed by atoms with Gasteiger partial charge in [0.2, 0.25) is 6.79 Å². The Labute approximate surface area is 235 Å². The number of amides is 1. The van der Waals surface area contributed by atoms with Crippen LogP contribution in [0, 0.1) is 0 Å². The second-order valence-corrected chi connectivity index (χ2v) is 9.31. The average molecular weight is 561 g/mol. The van der Waals surface area contributed by atoms with Crippen LogP contribution in [0.5, 0.6) is 17.2 Å². The van der Waals surface area contributed by atoms with E-state index in [1.807, 2.05) is 26.8 Å². The summed E-state index contributed by atoms with van der Waals surface area (Å²) in [6.45, 7) is 7.37. The molecule has 2 aromatic rings. The van der Waals surface area contributed by atoms with E-state index in [1.54, 1.807) is 24.3 Å². The molecule has 2 atom stereocenters. The van der Waals surface area contributed by atoms with E-state index >= 15 is 0 Å². The lowest BCUT2D eigenvalue weighted by atomic mass is 10.1. The fourth-order valence-electron chi connectivity index (χ4n) is 3.62. The minimum Gasteiger partial charge on any atom is -0.508 e. The molecular formula is C29H40N2O9. The van der Waals surface area contributed by atoms with Crippen molar-refractivity contribution in [3.63, 3.8) is 0 Å². The molecule has 1 aromatic carbocycles. The summed E-state index contributed by atoms with van der Waals surface area (Å²) in [7, 11) is 1.41. The maximum absolute atomic E-state index is 13.0. The largest absolute Gasteiger partial charge is 0.508 e. The van der Waals surface area contributed by atoms with Gasteiger partial charge in [0, 0.05) is 32.2 Å². The molecule has 2 unspecified atom stereocenters. The highest BCUT2D eigenvalue weighted by molar-refractivity contribution is 6.00. The summed E-state index contributed by atoms with van der Waals surface area (Å²) in [6.07, 6.45) is 4.28. The third-order valence-corrected chi connectivity index (χ3v) is 5.93. The van der Waals surface area contributed by atoms with Crippen molar-refractivity contribution in [1.82, 2.24) is 10.3 Å². The molecule has 0 aliphatic heterocycles. The first kappa shape index (κ1) is 32.4. The predicted octanol–water partition coefficient (Wildman–Crippen LogP) is 4.17. The van der Waals surface area contributed by atoms with Gasteiger partial charge in [-0.15, -0.1) is 0 Å². The van der Waals surface area contributed by atoms with Crippen LogP contribution in [0.2, 0.25) is 0 Å². The van der Waals surface area contributed by atoms with Gasteiger partial charge < -0.3 is 34.1 Å². The van der Waals surface area contributed by atoms with Gasteiger partial charge in [-0.1, -0.05) is 32.0 Å². The number of rotatable bonds is 14. The number of nitrogens with zero attached hydrogens (tertiary/aromatic N) is 1. The van der Waals surface area contributed by atoms with Crippen molar-refractivity contribution in [2.24, 2.45) is 0 Å². The number of ether oxygens (including phenoxy) is 5. The first-order valence-electron chi connectivity index (χ1n) is 13.3. The van der Waals surface area contributed by atoms with Crippen molar-refractivity contribution < 1.29 is 43.2 Å². The number of esters is 2. The maximum Gasteiger partial charge on any atom is 0.332 e. The predicted molar refractivity (Wildman–Crippen MR) is 146 cm³/mol. The number of carbonyl (C=O) groups excluding carboxylic acids is 3. The topological polar surface area (TPSA) is 143 Å². The Balaban J connectivity index is 0.000000693. The number of phenols is 1. The molecule has 220 valence electrons. The zero-order chi connectivity index (χ0) is 29.5. The van der Waals surface area contributed by atoms with E-state index in [0.29, 0.717) is 31.6 Å². The Bertz CT molecular complexity index is 1090. The van der Waals surface area contributed by atoms with Crippen molar-refractivity contribution >= 4 is 17.8 Å². The summed E-state index contributed by atoms with van der Waals surface area (Å²) in [5, 5.41) is 11.4. The number of pyridine rings is 1. The number of hydrogen-bond donors (Lipinski definition) is 2. The molecule has 1 fully saturated rings. The Morgan fingerprint density at radius 2 is 1.82 bits per heavy atom. The fraction of sp³-hybridized carbons (Fsp3) is 0.517. The van der Waals surface area contributed by atoms with Gasteiger partial charge in [-0.05, 0) is 44.7 Å². The summed E-state index contributed by atoms with van der Waals surface area (Å²) >= 11 is 0. The standard InChI is InChI=1S/C23H34N2O8.C6H6O/c1-6-12-30-17(7-2)13-15(3)33-22(28)23(9-10-23)25-21(27)19-20(32-14-31-16(4)26)18(29-5)8-11-24-19;7-6-4-2-1-3-5-6/h8,11,15,17H,6-7,9-10,12-14H2,1-5H3,(H,25,27);1-5,7H. The summed E-state index contributed by atoms with van der Waals surface area (Å²) in [6, 6.07) is 10.2. The number of methoxy groups -OCH3 is 1. The molecule has 1 aliphatic carbocycles. The molecule has 1 heterocycles. The zero-order valence-electron chi connectivity index (χ0n) is 23.8. The number of aromatic hydroxyl groups is 1. The minimum atomic E-state index is -1.10. The first-order valence-corrected chi connectivity index (χ1v) is 13.3. The average Bonchev–Trinajstić information content (AvgIpc) is 3.72. The van der Waals surface area contributed by atoms with Crippen molar-refractivity contribution in [2.45, 2.75) is 77.5 Å². The van der Waals surface area contributed by atoms with E-state index in [2.05, 4.69) is 10.3 Å². The number of aromatic nitrogens is 1. The van der Waals surface area contributed by atoms with Crippen LogP contribution in [-0.2, 0) is 23.8 Å². The van der Waals surface area contributed by atoms with Gasteiger partial charge in [0.1, 0.15) is 17.4 Å². The van der Waals surface area contributed by atoms with Crippen molar-refractivity contribution in [1.29, 1.82) is 0 Å². The van der Waals surface area contributed by atoms with Crippen LogP contribution in [0.3, 0.4) is 0 Å². The van der Waals surface area contributed by atoms with Gasteiger partial charge in [-0.25, -0.2) is 9.78 Å². The Hall–Kier alpha value is -3.86. The van der Waals surface area contributed by atoms with Gasteiger partial charge in [-0.2, -0.15) is 0 Å². The van der Waals surface area contributed by atoms with Gasteiger partial charge in [0.25, 0.3) is 5.91 Å². The molecule has 0 saturated heterocycles. The van der Waals surface area contributed by atoms with Crippen LogP contribution in [0.25, 0.3) is 0 Å². The number of para-hydroxylation sites is 1. The third-order valence-electron chi connectivity index (χ3n) is 5.93. The molecule has 1 saturated carbocycles. The molecule has 11 heteroatoms. The van der Waals surface area contributed by atoms with E-state index in [0.717, 1.165) is 12.8 Å². The second-order valence-electron chi connectivity index (χ2n) is 9.31. The van der Waals surface area contributed by atoms with Crippen LogP contribution < -0.4 is 14.8 Å². The van der Waals surface area contributed by atoms with Gasteiger partial charge in [0.05, 0.1) is 13.2 Å². The van der Waals surface area contributed by atoms with Crippen LogP contribution in [-0.4, -0.2) is 66.2 Å². The van der Waals surface area contributed by atoms with E-state index in [-0.39, 0.29) is 29.4 Å². The highest BCUT2D eigenvalue weighted by Crippen LogP contribution is 2.38. The first-order chi connectivity index (χ1) is 19.2. The van der Waals surface area contributed by atoms with Crippen LogP contribution >= 0.6 is 0 Å². The highest BCUT2D eigenvalue weighted by Gasteiger charge is 2.53. The Morgan fingerprint density at radius 3 is 2.35 bits per heavy atom. The summed E-state index contributed by atoms with van der Waals surface area (Å²) in [4.78, 5) is 40.9. The van der Waals surface area contributed by atoms with E-state index in [1.165, 1.54) is 26.3 Å². The lowest BCUT2D eigenvalue weighted by Crippen LogP contribution is -2.45. The Morgan fingerprint density at radius 1 is 1.12 bits per heavy atom. The van der Waals surface area contributed by atoms with Crippen LogP contribution in [0.1, 0.15) is 70.3 Å². The lowest BCUT2D eigenvalue weighted by Gasteiger charge is -2.23. The quantitative estimate of drug-likeness (QED) is 0.255. The second kappa shape index (κ2) is 16.3. The van der Waals surface area contributed by atoms with E-state index in [4.69, 9.17) is 28.8 Å². The molecule has 11 nitrogen and oxygen atoms in total. The molecular weight excluding hydrogens is 520 g/mol. The summed E-state index contributed by atoms with van der Waals surface area (Å²) < 4.78 is 26.8. The van der Waals surface area contributed by atoms with Crippen molar-refractivity contribution in [3.05, 3.63) is 48.3 Å². The van der Waals surface area contributed by atoms with Crippen LogP contribution in [0.15, 0.2) is 42.6 Å². The van der Waals surface area contributed by atoms with Gasteiger partial charge >= 0.3 is 11.9 Å². The monoisotopic (exact) mass is 560 g/mol. The number of hydrogen-bond acceptors (Lipinski definition) is 10. The normalized spacial score (nSPS) is 14.4.